The van der Waals surface area contributed by atoms with Gasteiger partial charge >= 0.3 is 0 Å². The first-order chi connectivity index (χ1) is 11.3. The Morgan fingerprint density at radius 1 is 1.30 bits per heavy atom. The molecule has 122 valence electrons. The van der Waals surface area contributed by atoms with Gasteiger partial charge in [0, 0.05) is 19.7 Å². The fourth-order valence-electron chi connectivity index (χ4n) is 3.34. The monoisotopic (exact) mass is 317 g/mol. The van der Waals surface area contributed by atoms with E-state index in [9.17, 15) is 4.79 Å². The number of nitrogens with zero attached hydrogens (tertiary/aromatic N) is 5. The van der Waals surface area contributed by atoms with E-state index < -0.39 is 0 Å². The van der Waals surface area contributed by atoms with Crippen LogP contribution in [-0.2, 0) is 4.74 Å². The highest BCUT2D eigenvalue weighted by Crippen LogP contribution is 2.31. The molecule has 0 aromatic carbocycles. The average Bonchev–Trinajstić information content (AvgIpc) is 3.35. The molecule has 2 saturated heterocycles. The summed E-state index contributed by atoms with van der Waals surface area (Å²) < 4.78 is 12.9. The van der Waals surface area contributed by atoms with Crippen LogP contribution in [0.5, 0.6) is 0 Å². The summed E-state index contributed by atoms with van der Waals surface area (Å²) in [5.41, 5.74) is 0.385. The van der Waals surface area contributed by atoms with Crippen LogP contribution in [-0.4, -0.2) is 50.3 Å². The number of hydrogen-bond donors (Lipinski definition) is 0. The van der Waals surface area contributed by atoms with Crippen LogP contribution in [0.25, 0.3) is 0 Å². The maximum absolute atomic E-state index is 12.9. The van der Waals surface area contributed by atoms with E-state index in [-0.39, 0.29) is 18.1 Å². The van der Waals surface area contributed by atoms with Crippen LogP contribution in [0.15, 0.2) is 23.5 Å². The second-order valence-corrected chi connectivity index (χ2v) is 5.99. The molecule has 2 aliphatic heterocycles. The first kappa shape index (κ1) is 14.4. The molecule has 1 amide bonds. The van der Waals surface area contributed by atoms with Gasteiger partial charge in [0.05, 0.1) is 6.04 Å². The minimum absolute atomic E-state index is 0.0888. The standard InChI is InChI=1S/C15H19N5O3/c21-15(13-14(23-10-17-13)12-4-2-6-22-12)19-5-1-3-11(7-19)20-9-16-8-18-20/h8-12H,1-7H2. The second kappa shape index (κ2) is 6.11. The van der Waals surface area contributed by atoms with Crippen molar-refractivity contribution in [1.29, 1.82) is 0 Å². The Morgan fingerprint density at radius 2 is 2.26 bits per heavy atom. The van der Waals surface area contributed by atoms with E-state index in [2.05, 4.69) is 15.1 Å². The molecule has 0 aliphatic carbocycles. The lowest BCUT2D eigenvalue weighted by atomic mass is 10.0. The molecule has 2 atom stereocenters. The van der Waals surface area contributed by atoms with Gasteiger partial charge in [-0.25, -0.2) is 14.6 Å². The van der Waals surface area contributed by atoms with Gasteiger partial charge in [0.1, 0.15) is 18.8 Å². The fourth-order valence-corrected chi connectivity index (χ4v) is 3.34. The fraction of sp³-hybridized carbons (Fsp3) is 0.600. The smallest absolute Gasteiger partial charge is 0.276 e. The van der Waals surface area contributed by atoms with Crippen LogP contribution in [0, 0.1) is 0 Å². The maximum atomic E-state index is 12.9. The van der Waals surface area contributed by atoms with Crippen molar-refractivity contribution in [2.45, 2.75) is 37.8 Å². The van der Waals surface area contributed by atoms with Crippen LogP contribution >= 0.6 is 0 Å². The molecule has 0 saturated carbocycles. The Labute approximate surface area is 133 Å². The number of amides is 1. The number of carbonyl (C=O) groups is 1. The Kier molecular flexibility index (Phi) is 3.82. The zero-order chi connectivity index (χ0) is 15.6. The highest BCUT2D eigenvalue weighted by Gasteiger charge is 2.32. The Hall–Kier alpha value is -2.22. The summed E-state index contributed by atoms with van der Waals surface area (Å²) in [7, 11) is 0. The molecule has 4 heterocycles. The number of rotatable bonds is 3. The average molecular weight is 317 g/mol. The van der Waals surface area contributed by atoms with Gasteiger partial charge in [-0.1, -0.05) is 0 Å². The lowest BCUT2D eigenvalue weighted by Gasteiger charge is -2.32. The summed E-state index contributed by atoms with van der Waals surface area (Å²) >= 11 is 0. The van der Waals surface area contributed by atoms with Crippen LogP contribution < -0.4 is 0 Å². The summed E-state index contributed by atoms with van der Waals surface area (Å²) in [6.45, 7) is 2.04. The SMILES string of the molecule is O=C(c1ncoc1C1CCCO1)N1CCCC(n2cncn2)C1. The van der Waals surface area contributed by atoms with Gasteiger partial charge in [0.25, 0.3) is 5.91 Å². The predicted octanol–water partition coefficient (Wildman–Crippen LogP) is 1.59. The summed E-state index contributed by atoms with van der Waals surface area (Å²) in [6, 6.07) is 0.160. The van der Waals surface area contributed by atoms with Gasteiger partial charge in [-0.05, 0) is 25.7 Å². The summed E-state index contributed by atoms with van der Waals surface area (Å²) in [5.74, 6) is 0.476. The van der Waals surface area contributed by atoms with Crippen molar-refractivity contribution in [1.82, 2.24) is 24.6 Å². The van der Waals surface area contributed by atoms with Gasteiger partial charge in [-0.2, -0.15) is 5.10 Å². The lowest BCUT2D eigenvalue weighted by Crippen LogP contribution is -2.41. The Balaban J connectivity index is 1.51. The third kappa shape index (κ3) is 2.74. The predicted molar refractivity (Wildman–Crippen MR) is 78.6 cm³/mol. The van der Waals surface area contributed by atoms with Crippen LogP contribution in [0.2, 0.25) is 0 Å². The Bertz CT molecular complexity index is 662. The van der Waals surface area contributed by atoms with Crippen molar-refractivity contribution in [2.24, 2.45) is 0 Å². The molecule has 2 unspecified atom stereocenters. The van der Waals surface area contributed by atoms with Gasteiger partial charge in [-0.15, -0.1) is 0 Å². The molecule has 0 spiro atoms. The van der Waals surface area contributed by atoms with Crippen LogP contribution in [0.1, 0.15) is 54.1 Å². The minimum Gasteiger partial charge on any atom is -0.445 e. The molecule has 8 heteroatoms. The first-order valence-corrected chi connectivity index (χ1v) is 8.01. The number of piperidine rings is 1. The third-order valence-electron chi connectivity index (χ3n) is 4.51. The summed E-state index contributed by atoms with van der Waals surface area (Å²) in [6.07, 6.45) is 8.19. The first-order valence-electron chi connectivity index (χ1n) is 8.01. The number of likely N-dealkylation sites (tertiary alicyclic amines) is 1. The summed E-state index contributed by atoms with van der Waals surface area (Å²) in [5, 5.41) is 4.19. The van der Waals surface area contributed by atoms with Gasteiger partial charge < -0.3 is 14.1 Å². The Morgan fingerprint density at radius 3 is 3.04 bits per heavy atom. The quantitative estimate of drug-likeness (QED) is 0.854. The van der Waals surface area contributed by atoms with Gasteiger partial charge in [-0.3, -0.25) is 4.79 Å². The molecule has 2 aromatic heterocycles. The summed E-state index contributed by atoms with van der Waals surface area (Å²) in [4.78, 5) is 22.8. The number of aromatic nitrogens is 4. The highest BCUT2D eigenvalue weighted by molar-refractivity contribution is 5.93. The zero-order valence-electron chi connectivity index (χ0n) is 12.8. The third-order valence-corrected chi connectivity index (χ3v) is 4.51. The van der Waals surface area contributed by atoms with Crippen molar-refractivity contribution < 1.29 is 13.9 Å². The van der Waals surface area contributed by atoms with E-state index in [1.54, 1.807) is 6.33 Å². The zero-order valence-corrected chi connectivity index (χ0v) is 12.8. The number of oxazole rings is 1. The van der Waals surface area contributed by atoms with E-state index in [0.29, 0.717) is 24.6 Å². The molecule has 4 rings (SSSR count). The van der Waals surface area contributed by atoms with Crippen molar-refractivity contribution in [3.05, 3.63) is 30.5 Å². The van der Waals surface area contributed by atoms with E-state index in [1.807, 2.05) is 9.58 Å². The van der Waals surface area contributed by atoms with E-state index >= 15 is 0 Å². The maximum Gasteiger partial charge on any atom is 0.276 e. The number of ether oxygens (including phenoxy) is 1. The van der Waals surface area contributed by atoms with E-state index in [0.717, 1.165) is 32.2 Å². The molecule has 2 aromatic rings. The largest absolute Gasteiger partial charge is 0.445 e. The molecule has 0 bridgehead atoms. The normalized spacial score (nSPS) is 25.0. The number of hydrogen-bond acceptors (Lipinski definition) is 6. The molecular formula is C15H19N5O3. The molecular weight excluding hydrogens is 298 g/mol. The minimum atomic E-state index is -0.146. The van der Waals surface area contributed by atoms with E-state index in [1.165, 1.54) is 12.7 Å². The molecule has 23 heavy (non-hydrogen) atoms. The van der Waals surface area contributed by atoms with Crippen molar-refractivity contribution in [3.63, 3.8) is 0 Å². The highest BCUT2D eigenvalue weighted by atomic mass is 16.5. The topological polar surface area (TPSA) is 86.3 Å². The molecule has 0 N–H and O–H groups in total. The van der Waals surface area contributed by atoms with Gasteiger partial charge in [0.2, 0.25) is 0 Å². The molecule has 0 radical (unpaired) electrons. The van der Waals surface area contributed by atoms with Crippen molar-refractivity contribution >= 4 is 5.91 Å². The molecule has 2 aliphatic rings. The molecule has 2 fully saturated rings. The van der Waals surface area contributed by atoms with Crippen molar-refractivity contribution in [2.75, 3.05) is 19.7 Å². The second-order valence-electron chi connectivity index (χ2n) is 5.99. The van der Waals surface area contributed by atoms with E-state index in [4.69, 9.17) is 9.15 Å². The van der Waals surface area contributed by atoms with Gasteiger partial charge in [0.15, 0.2) is 17.8 Å². The van der Waals surface area contributed by atoms with Crippen LogP contribution in [0.3, 0.4) is 0 Å². The van der Waals surface area contributed by atoms with Crippen LogP contribution in [0.4, 0.5) is 0 Å². The van der Waals surface area contributed by atoms with Crippen molar-refractivity contribution in [3.8, 4) is 0 Å². The number of carbonyl (C=O) groups excluding carboxylic acids is 1. The molecule has 8 nitrogen and oxygen atoms in total. The lowest BCUT2D eigenvalue weighted by molar-refractivity contribution is 0.0640.